The normalized spacial score (nSPS) is 19.6. The van der Waals surface area contributed by atoms with E-state index in [1.807, 2.05) is 16.7 Å². The first-order valence-corrected chi connectivity index (χ1v) is 8.41. The molecule has 4 heterocycles. The fraction of sp³-hybridized carbons (Fsp3) is 0.353. The molecule has 2 atom stereocenters. The maximum atomic E-state index is 11.8. The topological polar surface area (TPSA) is 107 Å². The number of rotatable bonds is 4. The third-order valence-corrected chi connectivity index (χ3v) is 4.42. The summed E-state index contributed by atoms with van der Waals surface area (Å²) >= 11 is 0. The first-order chi connectivity index (χ1) is 12.7. The van der Waals surface area contributed by atoms with Crippen molar-refractivity contribution in [1.29, 1.82) is 0 Å². The number of hydrogen-bond donors (Lipinski definition) is 2. The van der Waals surface area contributed by atoms with Crippen LogP contribution < -0.4 is 10.6 Å². The lowest BCUT2D eigenvalue weighted by Gasteiger charge is -2.15. The molecule has 2 N–H and O–H groups in total. The van der Waals surface area contributed by atoms with E-state index in [4.69, 9.17) is 4.74 Å². The molecule has 1 fully saturated rings. The van der Waals surface area contributed by atoms with Gasteiger partial charge in [0.05, 0.1) is 6.33 Å². The summed E-state index contributed by atoms with van der Waals surface area (Å²) in [5.41, 5.74) is 2.13. The van der Waals surface area contributed by atoms with Gasteiger partial charge in [-0.2, -0.15) is 0 Å². The van der Waals surface area contributed by atoms with Crippen LogP contribution in [0, 0.1) is 0 Å². The maximum Gasteiger partial charge on any atom is 0.248 e. The molecule has 0 bridgehead atoms. The Morgan fingerprint density at radius 1 is 1.31 bits per heavy atom. The number of anilines is 1. The monoisotopic (exact) mass is 353 g/mol. The SMILES string of the molecule is CNC(=O)[C@@H]1CCC(n2cnc3c(NC)nc(-c4cccnc4)nc32)O1. The number of nitrogens with one attached hydrogen (secondary N) is 2. The Kier molecular flexibility index (Phi) is 4.21. The summed E-state index contributed by atoms with van der Waals surface area (Å²) in [5.74, 6) is 1.07. The van der Waals surface area contributed by atoms with Gasteiger partial charge < -0.3 is 15.4 Å². The highest BCUT2D eigenvalue weighted by Crippen LogP contribution is 2.32. The number of ether oxygens (including phenoxy) is 1. The summed E-state index contributed by atoms with van der Waals surface area (Å²) in [6, 6.07) is 3.75. The van der Waals surface area contributed by atoms with Crippen molar-refractivity contribution in [1.82, 2.24) is 29.8 Å². The lowest BCUT2D eigenvalue weighted by Crippen LogP contribution is -2.31. The molecule has 1 unspecified atom stereocenters. The lowest BCUT2D eigenvalue weighted by atomic mass is 10.2. The summed E-state index contributed by atoms with van der Waals surface area (Å²) in [7, 11) is 3.40. The number of likely N-dealkylation sites (N-methyl/N-ethyl adjacent to an activating group) is 1. The molecule has 3 aromatic heterocycles. The van der Waals surface area contributed by atoms with Crippen molar-refractivity contribution in [3.05, 3.63) is 30.9 Å². The first kappa shape index (κ1) is 16.4. The largest absolute Gasteiger partial charge is 0.371 e. The van der Waals surface area contributed by atoms with Crippen molar-refractivity contribution in [2.45, 2.75) is 25.2 Å². The summed E-state index contributed by atoms with van der Waals surface area (Å²) in [5, 5.41) is 5.70. The Bertz CT molecular complexity index is 941. The van der Waals surface area contributed by atoms with Crippen LogP contribution in [0.5, 0.6) is 0 Å². The van der Waals surface area contributed by atoms with Gasteiger partial charge in [-0.1, -0.05) is 0 Å². The predicted molar refractivity (Wildman–Crippen MR) is 95.3 cm³/mol. The summed E-state index contributed by atoms with van der Waals surface area (Å²) < 4.78 is 7.77. The number of hydrogen-bond acceptors (Lipinski definition) is 7. The van der Waals surface area contributed by atoms with Crippen LogP contribution in [0.15, 0.2) is 30.9 Å². The van der Waals surface area contributed by atoms with Crippen molar-refractivity contribution >= 4 is 22.9 Å². The van der Waals surface area contributed by atoms with Crippen LogP contribution in [-0.4, -0.2) is 50.6 Å². The third-order valence-electron chi connectivity index (χ3n) is 4.42. The average molecular weight is 353 g/mol. The number of carbonyl (C=O) groups excluding carboxylic acids is 1. The zero-order chi connectivity index (χ0) is 18.1. The van der Waals surface area contributed by atoms with E-state index in [1.165, 1.54) is 0 Å². The van der Waals surface area contributed by atoms with Gasteiger partial charge in [-0.3, -0.25) is 14.3 Å². The second kappa shape index (κ2) is 6.68. The molecule has 134 valence electrons. The Balaban J connectivity index is 1.76. The van der Waals surface area contributed by atoms with Gasteiger partial charge in [-0.15, -0.1) is 0 Å². The molecular formula is C17H19N7O2. The Morgan fingerprint density at radius 3 is 2.92 bits per heavy atom. The molecule has 3 aromatic rings. The molecule has 9 nitrogen and oxygen atoms in total. The minimum atomic E-state index is -0.453. The van der Waals surface area contributed by atoms with E-state index in [1.54, 1.807) is 32.8 Å². The molecule has 1 saturated heterocycles. The number of pyridine rings is 1. The quantitative estimate of drug-likeness (QED) is 0.729. The van der Waals surface area contributed by atoms with Gasteiger partial charge in [0.25, 0.3) is 0 Å². The molecule has 0 saturated carbocycles. The second-order valence-electron chi connectivity index (χ2n) is 5.98. The molecule has 0 aromatic carbocycles. The van der Waals surface area contributed by atoms with E-state index in [-0.39, 0.29) is 12.1 Å². The standard InChI is InChI=1S/C17H19N7O2/c1-18-15-13-16(23-14(22-15)10-4-3-7-20-8-10)24(9-21-13)12-6-5-11(26-12)17(25)19-2/h3-4,7-9,11-12H,5-6H2,1-2H3,(H,19,25)(H,18,22,23)/t11-,12?/m0/s1. The Labute approximate surface area is 149 Å². The van der Waals surface area contributed by atoms with E-state index in [2.05, 4.69) is 30.6 Å². The minimum absolute atomic E-state index is 0.112. The minimum Gasteiger partial charge on any atom is -0.371 e. The van der Waals surface area contributed by atoms with Crippen LogP contribution in [0.4, 0.5) is 5.82 Å². The number of nitrogens with zero attached hydrogens (tertiary/aromatic N) is 5. The Hall–Kier alpha value is -3.07. The van der Waals surface area contributed by atoms with Crippen molar-refractivity contribution in [3.8, 4) is 11.4 Å². The van der Waals surface area contributed by atoms with Crippen molar-refractivity contribution in [3.63, 3.8) is 0 Å². The number of carbonyl (C=O) groups is 1. The summed E-state index contributed by atoms with van der Waals surface area (Å²) in [6.45, 7) is 0. The second-order valence-corrected chi connectivity index (χ2v) is 5.98. The Morgan fingerprint density at radius 2 is 2.19 bits per heavy atom. The van der Waals surface area contributed by atoms with Crippen LogP contribution >= 0.6 is 0 Å². The van der Waals surface area contributed by atoms with Gasteiger partial charge in [0, 0.05) is 32.1 Å². The highest BCUT2D eigenvalue weighted by atomic mass is 16.5. The molecule has 0 aliphatic carbocycles. The highest BCUT2D eigenvalue weighted by Gasteiger charge is 2.32. The predicted octanol–water partition coefficient (Wildman–Crippen LogP) is 1.35. The van der Waals surface area contributed by atoms with E-state index in [0.29, 0.717) is 35.6 Å². The number of aromatic nitrogens is 5. The molecule has 1 amide bonds. The van der Waals surface area contributed by atoms with Gasteiger partial charge in [0.2, 0.25) is 5.91 Å². The van der Waals surface area contributed by atoms with E-state index < -0.39 is 6.10 Å². The molecule has 1 aliphatic rings. The molecule has 1 aliphatic heterocycles. The molecule has 4 rings (SSSR count). The number of imidazole rings is 1. The molecular weight excluding hydrogens is 334 g/mol. The van der Waals surface area contributed by atoms with E-state index in [9.17, 15) is 4.79 Å². The summed E-state index contributed by atoms with van der Waals surface area (Å²) in [4.78, 5) is 29.6. The smallest absolute Gasteiger partial charge is 0.248 e. The van der Waals surface area contributed by atoms with E-state index in [0.717, 1.165) is 5.56 Å². The van der Waals surface area contributed by atoms with Crippen LogP contribution in [0.1, 0.15) is 19.1 Å². The van der Waals surface area contributed by atoms with Gasteiger partial charge >= 0.3 is 0 Å². The van der Waals surface area contributed by atoms with Crippen LogP contribution in [0.25, 0.3) is 22.6 Å². The van der Waals surface area contributed by atoms with Crippen molar-refractivity contribution in [2.75, 3.05) is 19.4 Å². The zero-order valence-corrected chi connectivity index (χ0v) is 14.5. The molecule has 26 heavy (non-hydrogen) atoms. The maximum absolute atomic E-state index is 11.8. The first-order valence-electron chi connectivity index (χ1n) is 8.41. The fourth-order valence-corrected chi connectivity index (χ4v) is 3.10. The lowest BCUT2D eigenvalue weighted by molar-refractivity contribution is -0.133. The summed E-state index contributed by atoms with van der Waals surface area (Å²) in [6.07, 6.45) is 5.73. The molecule has 0 spiro atoms. The van der Waals surface area contributed by atoms with Crippen LogP contribution in [0.2, 0.25) is 0 Å². The van der Waals surface area contributed by atoms with Crippen LogP contribution in [-0.2, 0) is 9.53 Å². The van der Waals surface area contributed by atoms with Gasteiger partial charge in [-0.25, -0.2) is 15.0 Å². The average Bonchev–Trinajstić information content (AvgIpc) is 3.34. The highest BCUT2D eigenvalue weighted by molar-refractivity contribution is 5.85. The van der Waals surface area contributed by atoms with Gasteiger partial charge in [0.15, 0.2) is 22.8 Å². The van der Waals surface area contributed by atoms with Gasteiger partial charge in [0.1, 0.15) is 12.3 Å². The van der Waals surface area contributed by atoms with Crippen LogP contribution in [0.3, 0.4) is 0 Å². The molecule has 9 heteroatoms. The zero-order valence-electron chi connectivity index (χ0n) is 14.5. The number of amides is 1. The van der Waals surface area contributed by atoms with Crippen molar-refractivity contribution in [2.24, 2.45) is 0 Å². The third kappa shape index (κ3) is 2.76. The number of fused-ring (bicyclic) bond motifs is 1. The van der Waals surface area contributed by atoms with Crippen molar-refractivity contribution < 1.29 is 9.53 Å². The fourth-order valence-electron chi connectivity index (χ4n) is 3.10. The molecule has 0 radical (unpaired) electrons. The van der Waals surface area contributed by atoms with Gasteiger partial charge in [-0.05, 0) is 25.0 Å². The van der Waals surface area contributed by atoms with E-state index >= 15 is 0 Å².